The van der Waals surface area contributed by atoms with Crippen molar-refractivity contribution in [2.45, 2.75) is 33.6 Å². The molecule has 0 saturated heterocycles. The van der Waals surface area contributed by atoms with E-state index in [1.807, 2.05) is 19.2 Å². The van der Waals surface area contributed by atoms with E-state index in [0.717, 1.165) is 24.9 Å². The van der Waals surface area contributed by atoms with Gasteiger partial charge in [0, 0.05) is 18.0 Å². The van der Waals surface area contributed by atoms with E-state index >= 15 is 0 Å². The van der Waals surface area contributed by atoms with E-state index < -0.39 is 0 Å². The van der Waals surface area contributed by atoms with Gasteiger partial charge in [-0.15, -0.1) is 0 Å². The third-order valence-corrected chi connectivity index (χ3v) is 3.34. The monoisotopic (exact) mass is 247 g/mol. The first-order valence-corrected chi connectivity index (χ1v) is 6.87. The van der Waals surface area contributed by atoms with Gasteiger partial charge in [-0.05, 0) is 24.9 Å². The molecule has 1 N–H and O–H groups in total. The van der Waals surface area contributed by atoms with E-state index in [0.29, 0.717) is 5.92 Å². The third-order valence-electron chi connectivity index (χ3n) is 3.34. The average molecular weight is 247 g/mol. The zero-order chi connectivity index (χ0) is 13.5. The molecule has 2 nitrogen and oxygen atoms in total. The number of rotatable bonds is 7. The van der Waals surface area contributed by atoms with Crippen LogP contribution in [0.5, 0.6) is 0 Å². The maximum absolute atomic E-state index is 12.4. The first kappa shape index (κ1) is 14.9. The second-order valence-corrected chi connectivity index (χ2v) is 5.22. The highest BCUT2D eigenvalue weighted by Crippen LogP contribution is 2.17. The summed E-state index contributed by atoms with van der Waals surface area (Å²) in [6.07, 6.45) is 2.22. The molecule has 0 bridgehead atoms. The van der Waals surface area contributed by atoms with Gasteiger partial charge in [-0.25, -0.2) is 0 Å². The van der Waals surface area contributed by atoms with Crippen LogP contribution in [0.25, 0.3) is 0 Å². The minimum Gasteiger partial charge on any atom is -0.319 e. The molecule has 2 heteroatoms. The van der Waals surface area contributed by atoms with Gasteiger partial charge >= 0.3 is 0 Å². The Morgan fingerprint density at radius 1 is 1.22 bits per heavy atom. The lowest BCUT2D eigenvalue weighted by molar-refractivity contribution is 0.0886. The molecule has 0 spiro atoms. The van der Waals surface area contributed by atoms with Crippen molar-refractivity contribution < 1.29 is 4.79 Å². The van der Waals surface area contributed by atoms with Gasteiger partial charge in [0.1, 0.15) is 0 Å². The molecule has 0 aliphatic heterocycles. The fourth-order valence-electron chi connectivity index (χ4n) is 2.19. The molecule has 1 rings (SSSR count). The van der Waals surface area contributed by atoms with Crippen molar-refractivity contribution >= 4 is 5.78 Å². The Labute approximate surface area is 111 Å². The van der Waals surface area contributed by atoms with Gasteiger partial charge in [0.15, 0.2) is 5.78 Å². The van der Waals surface area contributed by atoms with Crippen LogP contribution >= 0.6 is 0 Å². The summed E-state index contributed by atoms with van der Waals surface area (Å²) in [5.41, 5.74) is 2.15. The van der Waals surface area contributed by atoms with Gasteiger partial charge in [0.05, 0.1) is 0 Å². The lowest BCUT2D eigenvalue weighted by atomic mass is 9.87. The minimum atomic E-state index is 0.0621. The zero-order valence-corrected chi connectivity index (χ0v) is 12.0. The van der Waals surface area contributed by atoms with E-state index in [1.54, 1.807) is 0 Å². The molecule has 0 aliphatic carbocycles. The molecular formula is C16H25NO. The Bertz CT molecular complexity index is 367. The van der Waals surface area contributed by atoms with Crippen molar-refractivity contribution in [3.8, 4) is 0 Å². The van der Waals surface area contributed by atoms with Crippen LogP contribution in [0.1, 0.15) is 43.1 Å². The predicted molar refractivity (Wildman–Crippen MR) is 77.0 cm³/mol. The topological polar surface area (TPSA) is 29.1 Å². The Kier molecular flexibility index (Phi) is 6.06. The van der Waals surface area contributed by atoms with Crippen molar-refractivity contribution in [2.75, 3.05) is 13.6 Å². The van der Waals surface area contributed by atoms with Crippen LogP contribution in [0.4, 0.5) is 0 Å². The van der Waals surface area contributed by atoms with Crippen LogP contribution in [0.15, 0.2) is 24.3 Å². The van der Waals surface area contributed by atoms with Crippen molar-refractivity contribution in [1.29, 1.82) is 0 Å². The molecule has 0 aliphatic rings. The predicted octanol–water partition coefficient (Wildman–Crippen LogP) is 3.31. The van der Waals surface area contributed by atoms with Crippen LogP contribution in [-0.4, -0.2) is 19.4 Å². The quantitative estimate of drug-likeness (QED) is 0.749. The maximum Gasteiger partial charge on any atom is 0.167 e. The van der Waals surface area contributed by atoms with Crippen molar-refractivity contribution in [2.24, 2.45) is 11.8 Å². The summed E-state index contributed by atoms with van der Waals surface area (Å²) < 4.78 is 0. The Hall–Kier alpha value is -1.15. The van der Waals surface area contributed by atoms with Crippen LogP contribution in [0.2, 0.25) is 0 Å². The molecule has 1 aromatic carbocycles. The molecule has 0 saturated carbocycles. The minimum absolute atomic E-state index is 0.0621. The van der Waals surface area contributed by atoms with Gasteiger partial charge < -0.3 is 5.32 Å². The van der Waals surface area contributed by atoms with E-state index in [4.69, 9.17) is 0 Å². The Morgan fingerprint density at radius 2 is 1.83 bits per heavy atom. The number of nitrogens with one attached hydrogen (secondary N) is 1. The van der Waals surface area contributed by atoms with Gasteiger partial charge in [0.25, 0.3) is 0 Å². The third kappa shape index (κ3) is 3.95. The molecule has 0 amide bonds. The highest BCUT2D eigenvalue weighted by molar-refractivity contribution is 5.98. The Morgan fingerprint density at radius 3 is 2.28 bits per heavy atom. The summed E-state index contributed by atoms with van der Waals surface area (Å²) in [6.45, 7) is 7.12. The molecular weight excluding hydrogens is 222 g/mol. The number of carbonyl (C=O) groups excluding carboxylic acids is 1. The zero-order valence-electron chi connectivity index (χ0n) is 12.0. The maximum atomic E-state index is 12.4. The summed E-state index contributed by atoms with van der Waals surface area (Å²) in [6, 6.07) is 8.09. The second-order valence-electron chi connectivity index (χ2n) is 5.22. The van der Waals surface area contributed by atoms with Gasteiger partial charge in [-0.2, -0.15) is 0 Å². The number of hydrogen-bond donors (Lipinski definition) is 1. The standard InChI is InChI=1S/C16H25NO/c1-5-6-13-7-9-14(10-8-13)16(18)15(11-17-4)12(2)3/h7-10,12,15,17H,5-6,11H2,1-4H3. The van der Waals surface area contributed by atoms with E-state index in [2.05, 4.69) is 38.2 Å². The number of Topliss-reactive ketones (excluding diaryl/α,β-unsaturated/α-hetero) is 1. The molecule has 0 heterocycles. The number of ketones is 1. The summed E-state index contributed by atoms with van der Waals surface area (Å²) in [5, 5.41) is 3.11. The Balaban J connectivity index is 2.81. The van der Waals surface area contributed by atoms with Crippen molar-refractivity contribution in [3.05, 3.63) is 35.4 Å². The van der Waals surface area contributed by atoms with Crippen molar-refractivity contribution in [3.63, 3.8) is 0 Å². The van der Waals surface area contributed by atoms with Gasteiger partial charge in [-0.3, -0.25) is 4.79 Å². The molecule has 100 valence electrons. The first-order valence-electron chi connectivity index (χ1n) is 6.87. The number of aryl methyl sites for hydroxylation is 1. The average Bonchev–Trinajstić information content (AvgIpc) is 2.36. The van der Waals surface area contributed by atoms with Crippen LogP contribution in [0.3, 0.4) is 0 Å². The molecule has 0 aromatic heterocycles. The first-order chi connectivity index (χ1) is 8.60. The second kappa shape index (κ2) is 7.32. The summed E-state index contributed by atoms with van der Waals surface area (Å²) in [7, 11) is 1.90. The van der Waals surface area contributed by atoms with Gasteiger partial charge in [0.2, 0.25) is 0 Å². The number of hydrogen-bond acceptors (Lipinski definition) is 2. The SMILES string of the molecule is CCCc1ccc(C(=O)C(CNC)C(C)C)cc1. The highest BCUT2D eigenvalue weighted by atomic mass is 16.1. The molecule has 1 atom stereocenters. The summed E-state index contributed by atoms with van der Waals surface area (Å²) in [5.74, 6) is 0.676. The lowest BCUT2D eigenvalue weighted by Gasteiger charge is -2.19. The van der Waals surface area contributed by atoms with Crippen molar-refractivity contribution in [1.82, 2.24) is 5.32 Å². The van der Waals surface area contributed by atoms with Crippen LogP contribution in [-0.2, 0) is 6.42 Å². The van der Waals surface area contributed by atoms with E-state index in [1.165, 1.54) is 5.56 Å². The smallest absolute Gasteiger partial charge is 0.167 e. The van der Waals surface area contributed by atoms with E-state index in [9.17, 15) is 4.79 Å². The van der Waals surface area contributed by atoms with Crippen LogP contribution < -0.4 is 5.32 Å². The molecule has 1 unspecified atom stereocenters. The normalized spacial score (nSPS) is 12.7. The largest absolute Gasteiger partial charge is 0.319 e. The van der Waals surface area contributed by atoms with Gasteiger partial charge in [-0.1, -0.05) is 51.5 Å². The number of carbonyl (C=O) groups is 1. The van der Waals surface area contributed by atoms with E-state index in [-0.39, 0.29) is 11.7 Å². The molecule has 18 heavy (non-hydrogen) atoms. The fraction of sp³-hybridized carbons (Fsp3) is 0.562. The summed E-state index contributed by atoms with van der Waals surface area (Å²) >= 11 is 0. The fourth-order valence-corrected chi connectivity index (χ4v) is 2.19. The highest BCUT2D eigenvalue weighted by Gasteiger charge is 2.22. The lowest BCUT2D eigenvalue weighted by Crippen LogP contribution is -2.30. The van der Waals surface area contributed by atoms with Crippen LogP contribution in [0, 0.1) is 11.8 Å². The molecule has 0 radical (unpaired) electrons. The summed E-state index contributed by atoms with van der Waals surface area (Å²) in [4.78, 5) is 12.4. The molecule has 1 aromatic rings. The molecule has 0 fully saturated rings. The number of benzene rings is 1.